The van der Waals surface area contributed by atoms with Gasteiger partial charge >= 0.3 is 0 Å². The predicted octanol–water partition coefficient (Wildman–Crippen LogP) is 3.85. The van der Waals surface area contributed by atoms with Gasteiger partial charge in [-0.1, -0.05) is 6.07 Å². The molecule has 2 aromatic heterocycles. The van der Waals surface area contributed by atoms with Crippen LogP contribution >= 0.6 is 0 Å². The fourth-order valence-electron chi connectivity index (χ4n) is 2.64. The van der Waals surface area contributed by atoms with Crippen molar-refractivity contribution in [1.82, 2.24) is 9.13 Å². The number of hydrogen-bond acceptors (Lipinski definition) is 3. The monoisotopic (exact) mass is 322 g/mol. The third-order valence-corrected chi connectivity index (χ3v) is 3.99. The average Bonchev–Trinajstić information content (AvgIpc) is 3.11. The maximum Gasteiger partial charge on any atom is 0.271 e. The van der Waals surface area contributed by atoms with E-state index in [0.29, 0.717) is 0 Å². The molecule has 0 atom stereocenters. The van der Waals surface area contributed by atoms with Crippen molar-refractivity contribution in [2.24, 2.45) is 14.1 Å². The molecule has 2 N–H and O–H groups in total. The molecule has 4 aromatic rings. The first kappa shape index (κ1) is 15.6. The minimum absolute atomic E-state index is 0.134. The molecule has 0 saturated heterocycles. The van der Waals surface area contributed by atoms with Crippen molar-refractivity contribution >= 4 is 33.2 Å². The number of nitrogens with two attached hydrogens (primary N) is 1. The summed E-state index contributed by atoms with van der Waals surface area (Å²) in [6, 6.07) is 14.8. The maximum absolute atomic E-state index is 10.5. The number of benzene rings is 2. The lowest BCUT2D eigenvalue weighted by atomic mass is 10.2. The molecule has 0 aliphatic carbocycles. The second-order valence-corrected chi connectivity index (χ2v) is 5.67. The molecular weight excluding hydrogens is 304 g/mol. The van der Waals surface area contributed by atoms with Crippen LogP contribution < -0.4 is 5.73 Å². The SMILES string of the molecule is Cn1ccc2ccc(N)cc21.Cn1ccc2ccc([N+](=O)[O-])cc21. The summed E-state index contributed by atoms with van der Waals surface area (Å²) in [6.45, 7) is 0. The van der Waals surface area contributed by atoms with E-state index in [1.54, 1.807) is 12.1 Å². The van der Waals surface area contributed by atoms with Crippen LogP contribution in [0.5, 0.6) is 0 Å². The van der Waals surface area contributed by atoms with Crippen LogP contribution in [0.1, 0.15) is 0 Å². The lowest BCUT2D eigenvalue weighted by Gasteiger charge is -1.96. The molecule has 2 heterocycles. The zero-order chi connectivity index (χ0) is 17.3. The lowest BCUT2D eigenvalue weighted by molar-refractivity contribution is -0.384. The van der Waals surface area contributed by atoms with Gasteiger partial charge in [0.05, 0.1) is 10.4 Å². The average molecular weight is 322 g/mol. The van der Waals surface area contributed by atoms with Crippen molar-refractivity contribution in [1.29, 1.82) is 0 Å². The van der Waals surface area contributed by atoms with Crippen LogP contribution in [-0.2, 0) is 14.1 Å². The molecule has 0 fully saturated rings. The first-order valence-electron chi connectivity index (χ1n) is 7.46. The molecule has 0 amide bonds. The van der Waals surface area contributed by atoms with E-state index in [1.807, 2.05) is 55.3 Å². The van der Waals surface area contributed by atoms with Crippen LogP contribution in [0.2, 0.25) is 0 Å². The number of nitro groups is 1. The van der Waals surface area contributed by atoms with Crippen molar-refractivity contribution in [3.8, 4) is 0 Å². The molecule has 0 saturated carbocycles. The highest BCUT2D eigenvalue weighted by Crippen LogP contribution is 2.20. The van der Waals surface area contributed by atoms with Crippen LogP contribution in [0, 0.1) is 10.1 Å². The van der Waals surface area contributed by atoms with Gasteiger partial charge < -0.3 is 14.9 Å². The van der Waals surface area contributed by atoms with Gasteiger partial charge in [0, 0.05) is 55.2 Å². The first-order valence-corrected chi connectivity index (χ1v) is 7.46. The standard InChI is InChI=1S/C9H8N2O2.C9H10N2/c1-10-5-4-7-2-3-8(11(12)13)6-9(7)10;1-11-5-4-7-2-3-8(10)6-9(7)11/h2-6H,1H3;2-6H,10H2,1H3. The summed E-state index contributed by atoms with van der Waals surface area (Å²) in [4.78, 5) is 10.1. The minimum Gasteiger partial charge on any atom is -0.399 e. The maximum atomic E-state index is 10.5. The Balaban J connectivity index is 0.000000143. The fraction of sp³-hybridized carbons (Fsp3) is 0.111. The zero-order valence-electron chi connectivity index (χ0n) is 13.5. The number of fused-ring (bicyclic) bond motifs is 2. The normalized spacial score (nSPS) is 10.6. The Labute approximate surface area is 138 Å². The summed E-state index contributed by atoms with van der Waals surface area (Å²) in [6.07, 6.45) is 3.92. The van der Waals surface area contributed by atoms with Gasteiger partial charge in [0.2, 0.25) is 0 Å². The molecule has 0 radical (unpaired) electrons. The molecule has 122 valence electrons. The van der Waals surface area contributed by atoms with E-state index in [4.69, 9.17) is 5.73 Å². The number of nitrogen functional groups attached to an aromatic ring is 1. The van der Waals surface area contributed by atoms with Crippen molar-refractivity contribution in [3.05, 3.63) is 71.0 Å². The van der Waals surface area contributed by atoms with E-state index < -0.39 is 0 Å². The summed E-state index contributed by atoms with van der Waals surface area (Å²) in [5.41, 5.74) is 8.66. The van der Waals surface area contributed by atoms with Gasteiger partial charge in [0.25, 0.3) is 5.69 Å². The molecule has 0 aliphatic heterocycles. The molecule has 0 unspecified atom stereocenters. The van der Waals surface area contributed by atoms with Crippen molar-refractivity contribution < 1.29 is 4.92 Å². The van der Waals surface area contributed by atoms with Crippen LogP contribution in [0.25, 0.3) is 21.8 Å². The van der Waals surface area contributed by atoms with Gasteiger partial charge in [-0.3, -0.25) is 10.1 Å². The molecular formula is C18H18N4O2. The van der Waals surface area contributed by atoms with E-state index in [2.05, 4.69) is 10.6 Å². The van der Waals surface area contributed by atoms with Gasteiger partial charge in [-0.2, -0.15) is 0 Å². The van der Waals surface area contributed by atoms with Gasteiger partial charge in [0.1, 0.15) is 0 Å². The van der Waals surface area contributed by atoms with Crippen LogP contribution in [0.3, 0.4) is 0 Å². The fourth-order valence-corrected chi connectivity index (χ4v) is 2.64. The molecule has 2 aromatic carbocycles. The number of nitrogens with zero attached hydrogens (tertiary/aromatic N) is 3. The summed E-state index contributed by atoms with van der Waals surface area (Å²) in [5.74, 6) is 0. The van der Waals surface area contributed by atoms with Gasteiger partial charge in [-0.25, -0.2) is 0 Å². The molecule has 4 rings (SSSR count). The zero-order valence-corrected chi connectivity index (χ0v) is 13.5. The lowest BCUT2D eigenvalue weighted by Crippen LogP contribution is -1.89. The Hall–Kier alpha value is -3.28. The topological polar surface area (TPSA) is 79.0 Å². The summed E-state index contributed by atoms with van der Waals surface area (Å²) >= 11 is 0. The molecule has 6 nitrogen and oxygen atoms in total. The second kappa shape index (κ2) is 6.08. The van der Waals surface area contributed by atoms with Gasteiger partial charge in [-0.05, 0) is 35.7 Å². The van der Waals surface area contributed by atoms with Crippen molar-refractivity contribution in [2.75, 3.05) is 5.73 Å². The Morgan fingerprint density at radius 2 is 1.42 bits per heavy atom. The molecule has 0 spiro atoms. The van der Waals surface area contributed by atoms with Crippen molar-refractivity contribution in [3.63, 3.8) is 0 Å². The van der Waals surface area contributed by atoms with Crippen LogP contribution in [0.15, 0.2) is 60.9 Å². The van der Waals surface area contributed by atoms with Gasteiger partial charge in [0.15, 0.2) is 0 Å². The Bertz CT molecular complexity index is 1030. The first-order chi connectivity index (χ1) is 11.5. The third-order valence-electron chi connectivity index (χ3n) is 3.99. The summed E-state index contributed by atoms with van der Waals surface area (Å²) < 4.78 is 3.92. The van der Waals surface area contributed by atoms with Crippen LogP contribution in [-0.4, -0.2) is 14.1 Å². The summed E-state index contributed by atoms with van der Waals surface area (Å²) in [7, 11) is 3.88. The number of aromatic nitrogens is 2. The number of aryl methyl sites for hydroxylation is 2. The number of nitro benzene ring substituents is 1. The third kappa shape index (κ3) is 2.94. The summed E-state index contributed by atoms with van der Waals surface area (Å²) in [5, 5.41) is 12.7. The Morgan fingerprint density at radius 3 is 2.00 bits per heavy atom. The van der Waals surface area contributed by atoms with E-state index in [1.165, 1.54) is 17.0 Å². The Morgan fingerprint density at radius 1 is 0.875 bits per heavy atom. The van der Waals surface area contributed by atoms with E-state index >= 15 is 0 Å². The highest BCUT2D eigenvalue weighted by Gasteiger charge is 2.07. The van der Waals surface area contributed by atoms with Crippen molar-refractivity contribution in [2.45, 2.75) is 0 Å². The van der Waals surface area contributed by atoms with E-state index in [-0.39, 0.29) is 10.6 Å². The molecule has 24 heavy (non-hydrogen) atoms. The molecule has 0 aliphatic rings. The smallest absolute Gasteiger partial charge is 0.271 e. The minimum atomic E-state index is -0.382. The molecule has 6 heteroatoms. The Kier molecular flexibility index (Phi) is 3.95. The quantitative estimate of drug-likeness (QED) is 0.328. The number of rotatable bonds is 1. The predicted molar refractivity (Wildman–Crippen MR) is 96.9 cm³/mol. The van der Waals surface area contributed by atoms with E-state index in [9.17, 15) is 10.1 Å². The van der Waals surface area contributed by atoms with Gasteiger partial charge in [-0.15, -0.1) is 0 Å². The largest absolute Gasteiger partial charge is 0.399 e. The number of hydrogen-bond donors (Lipinski definition) is 1. The van der Waals surface area contributed by atoms with Crippen LogP contribution in [0.4, 0.5) is 11.4 Å². The number of anilines is 1. The number of non-ortho nitro benzene ring substituents is 1. The highest BCUT2D eigenvalue weighted by molar-refractivity contribution is 5.83. The second-order valence-electron chi connectivity index (χ2n) is 5.67. The highest BCUT2D eigenvalue weighted by atomic mass is 16.6. The van der Waals surface area contributed by atoms with E-state index in [0.717, 1.165) is 16.6 Å². The molecule has 0 bridgehead atoms.